The Morgan fingerprint density at radius 3 is 2.33 bits per heavy atom. The largest absolute Gasteiger partial charge is 0.399 e. The van der Waals surface area contributed by atoms with Gasteiger partial charge in [0.1, 0.15) is 0 Å². The van der Waals surface area contributed by atoms with Crippen molar-refractivity contribution in [1.82, 2.24) is 4.90 Å². The molecule has 0 aliphatic rings. The number of amides is 1. The van der Waals surface area contributed by atoms with Gasteiger partial charge in [-0.25, -0.2) is 0 Å². The molecule has 0 aliphatic carbocycles. The lowest BCUT2D eigenvalue weighted by Crippen LogP contribution is -2.39. The van der Waals surface area contributed by atoms with Crippen LogP contribution in [0.4, 0.5) is 5.69 Å². The highest BCUT2D eigenvalue weighted by Crippen LogP contribution is 2.20. The van der Waals surface area contributed by atoms with E-state index in [0.29, 0.717) is 17.2 Å². The number of anilines is 1. The van der Waals surface area contributed by atoms with Crippen molar-refractivity contribution in [3.05, 3.63) is 28.2 Å². The van der Waals surface area contributed by atoms with Crippen molar-refractivity contribution >= 4 is 27.5 Å². The lowest BCUT2D eigenvalue weighted by Gasteiger charge is -2.28. The molecule has 0 saturated carbocycles. The van der Waals surface area contributed by atoms with E-state index in [-0.39, 0.29) is 11.9 Å². The molecule has 3 nitrogen and oxygen atoms in total. The van der Waals surface area contributed by atoms with E-state index in [1.807, 2.05) is 24.8 Å². The summed E-state index contributed by atoms with van der Waals surface area (Å²) in [5, 5.41) is 0. The molecule has 0 aromatic heterocycles. The molecule has 1 aromatic carbocycles. The minimum absolute atomic E-state index is 0.0340. The van der Waals surface area contributed by atoms with Crippen molar-refractivity contribution in [3.63, 3.8) is 0 Å². The second kappa shape index (κ2) is 6.23. The SMILES string of the molecule is CC(C)CN(C(=O)c1cc(N)cc(Br)c1)C(C)C. The number of hydrogen-bond acceptors (Lipinski definition) is 2. The fourth-order valence-corrected chi connectivity index (χ4v) is 2.33. The average molecular weight is 313 g/mol. The van der Waals surface area contributed by atoms with Gasteiger partial charge in [-0.2, -0.15) is 0 Å². The zero-order valence-corrected chi connectivity index (χ0v) is 13.0. The zero-order valence-electron chi connectivity index (χ0n) is 11.4. The van der Waals surface area contributed by atoms with Crippen LogP contribution in [0.5, 0.6) is 0 Å². The highest BCUT2D eigenvalue weighted by atomic mass is 79.9. The van der Waals surface area contributed by atoms with Gasteiger partial charge in [0.25, 0.3) is 5.91 Å². The van der Waals surface area contributed by atoms with Crippen LogP contribution in [0.25, 0.3) is 0 Å². The Morgan fingerprint density at radius 1 is 1.28 bits per heavy atom. The predicted octanol–water partition coefficient (Wildman–Crippen LogP) is 3.54. The molecule has 2 N–H and O–H groups in total. The number of carbonyl (C=O) groups excluding carboxylic acids is 1. The van der Waals surface area contributed by atoms with Gasteiger partial charge < -0.3 is 10.6 Å². The molecule has 0 unspecified atom stereocenters. The summed E-state index contributed by atoms with van der Waals surface area (Å²) in [4.78, 5) is 14.4. The van der Waals surface area contributed by atoms with Crippen LogP contribution in [0.1, 0.15) is 38.1 Å². The molecule has 18 heavy (non-hydrogen) atoms. The molecule has 4 heteroatoms. The number of rotatable bonds is 4. The highest BCUT2D eigenvalue weighted by Gasteiger charge is 2.20. The summed E-state index contributed by atoms with van der Waals surface area (Å²) in [6, 6.07) is 5.51. The molecule has 1 amide bonds. The third-order valence-electron chi connectivity index (χ3n) is 2.61. The first-order chi connectivity index (χ1) is 8.31. The molecule has 0 saturated heterocycles. The Balaban J connectivity index is 3.01. The van der Waals surface area contributed by atoms with Gasteiger partial charge in [-0.3, -0.25) is 4.79 Å². The van der Waals surface area contributed by atoms with E-state index in [9.17, 15) is 4.79 Å². The maximum absolute atomic E-state index is 12.5. The van der Waals surface area contributed by atoms with Crippen molar-refractivity contribution in [2.45, 2.75) is 33.7 Å². The summed E-state index contributed by atoms with van der Waals surface area (Å²) in [7, 11) is 0. The van der Waals surface area contributed by atoms with Crippen LogP contribution in [0, 0.1) is 5.92 Å². The molecular formula is C14H21BrN2O. The van der Waals surface area contributed by atoms with E-state index >= 15 is 0 Å². The van der Waals surface area contributed by atoms with Crippen molar-refractivity contribution in [3.8, 4) is 0 Å². The second-order valence-electron chi connectivity index (χ2n) is 5.22. The standard InChI is InChI=1S/C14H21BrN2O/c1-9(2)8-17(10(3)4)14(18)11-5-12(15)7-13(16)6-11/h5-7,9-10H,8,16H2,1-4H3. The monoisotopic (exact) mass is 312 g/mol. The van der Waals surface area contributed by atoms with Crippen molar-refractivity contribution < 1.29 is 4.79 Å². The smallest absolute Gasteiger partial charge is 0.254 e. The van der Waals surface area contributed by atoms with Crippen LogP contribution in [0.3, 0.4) is 0 Å². The molecule has 100 valence electrons. The van der Waals surface area contributed by atoms with Crippen molar-refractivity contribution in [2.24, 2.45) is 5.92 Å². The summed E-state index contributed by atoms with van der Waals surface area (Å²) in [6.45, 7) is 9.03. The first kappa shape index (κ1) is 15.0. The second-order valence-corrected chi connectivity index (χ2v) is 6.13. The van der Waals surface area contributed by atoms with Crippen molar-refractivity contribution in [2.75, 3.05) is 12.3 Å². The van der Waals surface area contributed by atoms with E-state index in [1.165, 1.54) is 0 Å². The molecule has 0 bridgehead atoms. The van der Waals surface area contributed by atoms with Gasteiger partial charge >= 0.3 is 0 Å². The van der Waals surface area contributed by atoms with Crippen LogP contribution in [0.2, 0.25) is 0 Å². The number of nitrogens with zero attached hydrogens (tertiary/aromatic N) is 1. The lowest BCUT2D eigenvalue weighted by atomic mass is 10.1. The molecular weight excluding hydrogens is 292 g/mol. The topological polar surface area (TPSA) is 46.3 Å². The van der Waals surface area contributed by atoms with E-state index in [1.54, 1.807) is 12.1 Å². The van der Waals surface area contributed by atoms with Gasteiger partial charge in [-0.05, 0) is 38.0 Å². The summed E-state index contributed by atoms with van der Waals surface area (Å²) >= 11 is 3.37. The van der Waals surface area contributed by atoms with E-state index in [0.717, 1.165) is 11.0 Å². The van der Waals surface area contributed by atoms with Crippen LogP contribution in [-0.2, 0) is 0 Å². The third-order valence-corrected chi connectivity index (χ3v) is 3.07. The van der Waals surface area contributed by atoms with E-state index in [2.05, 4.69) is 29.8 Å². The minimum Gasteiger partial charge on any atom is -0.399 e. The maximum atomic E-state index is 12.5. The van der Waals surface area contributed by atoms with Crippen LogP contribution < -0.4 is 5.73 Å². The summed E-state index contributed by atoms with van der Waals surface area (Å²) in [5.74, 6) is 0.479. The first-order valence-corrected chi connectivity index (χ1v) is 6.97. The molecule has 0 radical (unpaired) electrons. The maximum Gasteiger partial charge on any atom is 0.254 e. The normalized spacial score (nSPS) is 11.1. The highest BCUT2D eigenvalue weighted by molar-refractivity contribution is 9.10. The summed E-state index contributed by atoms with van der Waals surface area (Å²) in [6.07, 6.45) is 0. The number of carbonyl (C=O) groups is 1. The van der Waals surface area contributed by atoms with Gasteiger partial charge in [-0.15, -0.1) is 0 Å². The fourth-order valence-electron chi connectivity index (χ4n) is 1.82. The van der Waals surface area contributed by atoms with E-state index < -0.39 is 0 Å². The Bertz CT molecular complexity index is 410. The predicted molar refractivity (Wildman–Crippen MR) is 79.6 cm³/mol. The molecule has 0 spiro atoms. The summed E-state index contributed by atoms with van der Waals surface area (Å²) < 4.78 is 0.833. The number of halogens is 1. The molecule has 0 aliphatic heterocycles. The zero-order chi connectivity index (χ0) is 13.9. The Labute approximate surface area is 117 Å². The Morgan fingerprint density at radius 2 is 1.89 bits per heavy atom. The van der Waals surface area contributed by atoms with Crippen LogP contribution in [-0.4, -0.2) is 23.4 Å². The summed E-state index contributed by atoms with van der Waals surface area (Å²) in [5.41, 5.74) is 7.01. The van der Waals surface area contributed by atoms with E-state index in [4.69, 9.17) is 5.73 Å². The molecule has 1 rings (SSSR count). The molecule has 0 atom stereocenters. The molecule has 0 heterocycles. The number of nitrogens with two attached hydrogens (primary N) is 1. The van der Waals surface area contributed by atoms with Gasteiger partial charge in [-0.1, -0.05) is 29.8 Å². The minimum atomic E-state index is 0.0340. The van der Waals surface area contributed by atoms with Crippen molar-refractivity contribution in [1.29, 1.82) is 0 Å². The number of benzene rings is 1. The number of nitrogen functional groups attached to an aromatic ring is 1. The van der Waals surface area contributed by atoms with Crippen LogP contribution >= 0.6 is 15.9 Å². The fraction of sp³-hybridized carbons (Fsp3) is 0.500. The number of hydrogen-bond donors (Lipinski definition) is 1. The van der Waals surface area contributed by atoms with Gasteiger partial charge in [0.15, 0.2) is 0 Å². The quantitative estimate of drug-likeness (QED) is 0.864. The first-order valence-electron chi connectivity index (χ1n) is 6.18. The van der Waals surface area contributed by atoms with Gasteiger partial charge in [0, 0.05) is 28.3 Å². The average Bonchev–Trinajstić information content (AvgIpc) is 2.23. The Kier molecular flexibility index (Phi) is 5.20. The van der Waals surface area contributed by atoms with Gasteiger partial charge in [0.2, 0.25) is 0 Å². The Hall–Kier alpha value is -1.03. The molecule has 1 aromatic rings. The van der Waals surface area contributed by atoms with Gasteiger partial charge in [0.05, 0.1) is 0 Å². The van der Waals surface area contributed by atoms with Crippen LogP contribution in [0.15, 0.2) is 22.7 Å². The lowest BCUT2D eigenvalue weighted by molar-refractivity contribution is 0.0682. The third kappa shape index (κ3) is 4.02. The molecule has 0 fully saturated rings.